The Balaban J connectivity index is 2.78. The zero-order chi connectivity index (χ0) is 15.2. The van der Waals surface area contributed by atoms with Crippen LogP contribution in [0.15, 0.2) is 24.3 Å². The lowest BCUT2D eigenvalue weighted by atomic mass is 9.89. The van der Waals surface area contributed by atoms with Crippen molar-refractivity contribution >= 4 is 0 Å². The predicted molar refractivity (Wildman–Crippen MR) is 82.6 cm³/mol. The molecule has 1 rings (SSSR count). The Labute approximate surface area is 122 Å². The first kappa shape index (κ1) is 17.1. The molecule has 0 bridgehead atoms. The predicted octanol–water partition coefficient (Wildman–Crippen LogP) is 4.11. The molecule has 20 heavy (non-hydrogen) atoms. The number of ether oxygens (including phenoxy) is 1. The minimum absolute atomic E-state index is 0.113. The SMILES string of the molecule is COC(C)(C)CCC(CNC(C)C)c1ccccc1F. The molecule has 0 saturated heterocycles. The Hall–Kier alpha value is -0.930. The van der Waals surface area contributed by atoms with Crippen LogP contribution < -0.4 is 5.32 Å². The first-order valence-corrected chi connectivity index (χ1v) is 7.38. The average molecular weight is 281 g/mol. The Morgan fingerprint density at radius 3 is 2.45 bits per heavy atom. The van der Waals surface area contributed by atoms with Gasteiger partial charge in [-0.05, 0) is 44.2 Å². The number of nitrogens with one attached hydrogen (secondary N) is 1. The van der Waals surface area contributed by atoms with Crippen LogP contribution in [0.25, 0.3) is 0 Å². The van der Waals surface area contributed by atoms with Crippen molar-refractivity contribution in [3.63, 3.8) is 0 Å². The molecule has 0 aromatic heterocycles. The van der Waals surface area contributed by atoms with E-state index in [1.54, 1.807) is 19.2 Å². The second-order valence-electron chi connectivity index (χ2n) is 6.28. The van der Waals surface area contributed by atoms with Crippen LogP contribution >= 0.6 is 0 Å². The summed E-state index contributed by atoms with van der Waals surface area (Å²) in [4.78, 5) is 0. The van der Waals surface area contributed by atoms with Crippen LogP contribution in [-0.4, -0.2) is 25.3 Å². The van der Waals surface area contributed by atoms with Crippen molar-refractivity contribution in [2.45, 2.75) is 58.1 Å². The first-order valence-electron chi connectivity index (χ1n) is 7.38. The number of benzene rings is 1. The van der Waals surface area contributed by atoms with E-state index in [2.05, 4.69) is 33.0 Å². The van der Waals surface area contributed by atoms with Gasteiger partial charge in [-0.15, -0.1) is 0 Å². The van der Waals surface area contributed by atoms with Crippen molar-refractivity contribution in [1.82, 2.24) is 5.32 Å². The fourth-order valence-electron chi connectivity index (χ4n) is 2.18. The quantitative estimate of drug-likeness (QED) is 0.774. The summed E-state index contributed by atoms with van der Waals surface area (Å²) in [5.41, 5.74) is 0.633. The monoisotopic (exact) mass is 281 g/mol. The van der Waals surface area contributed by atoms with E-state index in [9.17, 15) is 4.39 Å². The second kappa shape index (κ2) is 7.75. The lowest BCUT2D eigenvalue weighted by molar-refractivity contribution is 0.0123. The summed E-state index contributed by atoms with van der Waals surface area (Å²) in [5, 5.41) is 3.42. The summed E-state index contributed by atoms with van der Waals surface area (Å²) in [6.45, 7) is 9.15. The summed E-state index contributed by atoms with van der Waals surface area (Å²) >= 11 is 0. The minimum Gasteiger partial charge on any atom is -0.379 e. The second-order valence-corrected chi connectivity index (χ2v) is 6.28. The van der Waals surface area contributed by atoms with Gasteiger partial charge in [-0.3, -0.25) is 0 Å². The minimum atomic E-state index is -0.165. The number of halogens is 1. The molecule has 1 atom stereocenters. The molecule has 0 spiro atoms. The summed E-state index contributed by atoms with van der Waals surface area (Å²) in [6, 6.07) is 7.48. The Morgan fingerprint density at radius 1 is 1.25 bits per heavy atom. The van der Waals surface area contributed by atoms with Crippen molar-refractivity contribution in [3.05, 3.63) is 35.6 Å². The van der Waals surface area contributed by atoms with Crippen molar-refractivity contribution in [2.75, 3.05) is 13.7 Å². The lowest BCUT2D eigenvalue weighted by Gasteiger charge is -2.27. The van der Waals surface area contributed by atoms with Crippen molar-refractivity contribution in [2.24, 2.45) is 0 Å². The van der Waals surface area contributed by atoms with E-state index in [0.717, 1.165) is 24.9 Å². The highest BCUT2D eigenvalue weighted by Crippen LogP contribution is 2.27. The molecule has 1 unspecified atom stereocenters. The normalized spacial score (nSPS) is 13.8. The summed E-state index contributed by atoms with van der Waals surface area (Å²) < 4.78 is 19.5. The van der Waals surface area contributed by atoms with Gasteiger partial charge in [0.2, 0.25) is 0 Å². The fraction of sp³-hybridized carbons (Fsp3) is 0.647. The molecule has 0 aliphatic carbocycles. The van der Waals surface area contributed by atoms with Gasteiger partial charge in [-0.2, -0.15) is 0 Å². The van der Waals surface area contributed by atoms with E-state index >= 15 is 0 Å². The van der Waals surface area contributed by atoms with Gasteiger partial charge in [-0.25, -0.2) is 4.39 Å². The molecule has 0 heterocycles. The smallest absolute Gasteiger partial charge is 0.126 e. The van der Waals surface area contributed by atoms with Crippen LogP contribution in [-0.2, 0) is 4.74 Å². The molecule has 0 amide bonds. The zero-order valence-electron chi connectivity index (χ0n) is 13.4. The standard InChI is InChI=1S/C17H28FNO/c1-13(2)19-12-14(10-11-17(3,4)20-5)15-8-6-7-9-16(15)18/h6-9,13-14,19H,10-12H2,1-5H3. The molecule has 1 aromatic carbocycles. The first-order chi connectivity index (χ1) is 9.35. The van der Waals surface area contributed by atoms with E-state index in [1.807, 2.05) is 12.1 Å². The molecule has 2 nitrogen and oxygen atoms in total. The van der Waals surface area contributed by atoms with Crippen molar-refractivity contribution in [1.29, 1.82) is 0 Å². The largest absolute Gasteiger partial charge is 0.379 e. The van der Waals surface area contributed by atoms with Gasteiger partial charge in [0.15, 0.2) is 0 Å². The molecule has 114 valence electrons. The Kier molecular flexibility index (Phi) is 6.63. The molecule has 1 N–H and O–H groups in total. The van der Waals surface area contributed by atoms with Crippen LogP contribution in [0.1, 0.15) is 52.0 Å². The summed E-state index contributed by atoms with van der Waals surface area (Å²) in [7, 11) is 1.73. The summed E-state index contributed by atoms with van der Waals surface area (Å²) in [6.07, 6.45) is 1.81. The fourth-order valence-corrected chi connectivity index (χ4v) is 2.18. The molecule has 0 saturated carbocycles. The third-order valence-electron chi connectivity index (χ3n) is 3.76. The van der Waals surface area contributed by atoms with E-state index in [4.69, 9.17) is 4.74 Å². The Morgan fingerprint density at radius 2 is 1.90 bits per heavy atom. The highest BCUT2D eigenvalue weighted by molar-refractivity contribution is 5.22. The Bertz CT molecular complexity index is 404. The van der Waals surface area contributed by atoms with Crippen molar-refractivity contribution in [3.8, 4) is 0 Å². The van der Waals surface area contributed by atoms with E-state index in [1.165, 1.54) is 0 Å². The molecular formula is C17H28FNO. The van der Waals surface area contributed by atoms with Gasteiger partial charge in [0.25, 0.3) is 0 Å². The number of rotatable bonds is 8. The highest BCUT2D eigenvalue weighted by Gasteiger charge is 2.22. The molecule has 1 aromatic rings. The molecule has 0 fully saturated rings. The third kappa shape index (κ3) is 5.59. The highest BCUT2D eigenvalue weighted by atomic mass is 19.1. The maximum absolute atomic E-state index is 14.0. The zero-order valence-corrected chi connectivity index (χ0v) is 13.4. The molecular weight excluding hydrogens is 253 g/mol. The van der Waals surface area contributed by atoms with Gasteiger partial charge < -0.3 is 10.1 Å². The molecule has 0 aliphatic heterocycles. The number of hydrogen-bond acceptors (Lipinski definition) is 2. The number of methoxy groups -OCH3 is 1. The maximum Gasteiger partial charge on any atom is 0.126 e. The topological polar surface area (TPSA) is 21.3 Å². The maximum atomic E-state index is 14.0. The lowest BCUT2D eigenvalue weighted by Crippen LogP contribution is -2.30. The average Bonchev–Trinajstić information content (AvgIpc) is 2.40. The third-order valence-corrected chi connectivity index (χ3v) is 3.76. The van der Waals surface area contributed by atoms with Gasteiger partial charge in [-0.1, -0.05) is 32.0 Å². The molecule has 0 radical (unpaired) electrons. The van der Waals surface area contributed by atoms with E-state index < -0.39 is 0 Å². The van der Waals surface area contributed by atoms with Crippen LogP contribution in [0, 0.1) is 5.82 Å². The van der Waals surface area contributed by atoms with Gasteiger partial charge in [0.05, 0.1) is 5.60 Å². The molecule has 3 heteroatoms. The van der Waals surface area contributed by atoms with Crippen LogP contribution in [0.2, 0.25) is 0 Å². The van der Waals surface area contributed by atoms with Crippen LogP contribution in [0.4, 0.5) is 4.39 Å². The van der Waals surface area contributed by atoms with Gasteiger partial charge >= 0.3 is 0 Å². The summed E-state index contributed by atoms with van der Waals surface area (Å²) in [5.74, 6) is 0.0614. The number of hydrogen-bond donors (Lipinski definition) is 1. The van der Waals surface area contributed by atoms with E-state index in [-0.39, 0.29) is 17.3 Å². The van der Waals surface area contributed by atoms with Gasteiger partial charge in [0, 0.05) is 19.7 Å². The van der Waals surface area contributed by atoms with Crippen molar-refractivity contribution < 1.29 is 9.13 Å². The van der Waals surface area contributed by atoms with Crippen LogP contribution in [0.3, 0.4) is 0 Å². The van der Waals surface area contributed by atoms with Gasteiger partial charge in [0.1, 0.15) is 5.82 Å². The van der Waals surface area contributed by atoms with Crippen LogP contribution in [0.5, 0.6) is 0 Å². The molecule has 0 aliphatic rings. The van der Waals surface area contributed by atoms with E-state index in [0.29, 0.717) is 6.04 Å².